The van der Waals surface area contributed by atoms with Crippen molar-refractivity contribution in [1.82, 2.24) is 20.1 Å². The van der Waals surface area contributed by atoms with Gasteiger partial charge < -0.3 is 9.88 Å². The molecule has 0 radical (unpaired) electrons. The first-order valence-electron chi connectivity index (χ1n) is 5.99. The number of benzene rings is 1. The zero-order chi connectivity index (χ0) is 13.7. The maximum Gasteiger partial charge on any atom is 0.233 e. The fraction of sp³-hybridized carbons (Fsp3) is 0.308. The molecule has 1 unspecified atom stereocenters. The van der Waals surface area contributed by atoms with Gasteiger partial charge in [-0.2, -0.15) is 0 Å². The van der Waals surface area contributed by atoms with Crippen LogP contribution in [0.3, 0.4) is 0 Å². The van der Waals surface area contributed by atoms with E-state index in [-0.39, 0.29) is 11.2 Å². The fourth-order valence-corrected chi connectivity index (χ4v) is 2.33. The van der Waals surface area contributed by atoms with Gasteiger partial charge in [0, 0.05) is 13.6 Å². The molecule has 19 heavy (non-hydrogen) atoms. The summed E-state index contributed by atoms with van der Waals surface area (Å²) in [6, 6.07) is 9.85. The Balaban J connectivity index is 1.84. The number of rotatable bonds is 5. The van der Waals surface area contributed by atoms with E-state index >= 15 is 0 Å². The first kappa shape index (κ1) is 13.6. The average molecular weight is 276 g/mol. The maximum atomic E-state index is 12.0. The summed E-state index contributed by atoms with van der Waals surface area (Å²) < 4.78 is 1.80. The van der Waals surface area contributed by atoms with E-state index in [9.17, 15) is 4.79 Å². The van der Waals surface area contributed by atoms with Gasteiger partial charge in [-0.05, 0) is 12.5 Å². The monoisotopic (exact) mass is 276 g/mol. The smallest absolute Gasteiger partial charge is 0.233 e. The van der Waals surface area contributed by atoms with Crippen LogP contribution in [0, 0.1) is 0 Å². The summed E-state index contributed by atoms with van der Waals surface area (Å²) in [5, 5.41) is 11.2. The van der Waals surface area contributed by atoms with Crippen molar-refractivity contribution in [3.63, 3.8) is 0 Å². The van der Waals surface area contributed by atoms with Crippen LogP contribution in [0.1, 0.15) is 12.5 Å². The Kier molecular flexibility index (Phi) is 4.57. The van der Waals surface area contributed by atoms with E-state index < -0.39 is 0 Å². The Labute approximate surface area is 116 Å². The van der Waals surface area contributed by atoms with Gasteiger partial charge in [0.05, 0.1) is 5.25 Å². The largest absolute Gasteiger partial charge is 0.351 e. The van der Waals surface area contributed by atoms with Crippen molar-refractivity contribution in [1.29, 1.82) is 0 Å². The Hall–Kier alpha value is -1.82. The highest BCUT2D eigenvalue weighted by atomic mass is 32.2. The Morgan fingerprint density at radius 2 is 2.16 bits per heavy atom. The van der Waals surface area contributed by atoms with E-state index in [2.05, 4.69) is 15.5 Å². The van der Waals surface area contributed by atoms with Gasteiger partial charge in [0.25, 0.3) is 0 Å². The van der Waals surface area contributed by atoms with Crippen LogP contribution in [0.4, 0.5) is 0 Å². The SMILES string of the molecule is CC(Sc1nncn1C)C(=O)NCc1ccccc1. The molecule has 1 heterocycles. The number of nitrogens with one attached hydrogen (secondary N) is 1. The number of nitrogens with zero attached hydrogens (tertiary/aromatic N) is 3. The molecule has 2 aromatic rings. The number of aryl methyl sites for hydroxylation is 1. The van der Waals surface area contributed by atoms with E-state index in [4.69, 9.17) is 0 Å². The third kappa shape index (κ3) is 3.82. The Bertz CT molecular complexity index is 541. The van der Waals surface area contributed by atoms with Crippen molar-refractivity contribution in [2.24, 2.45) is 7.05 Å². The van der Waals surface area contributed by atoms with Crippen molar-refractivity contribution >= 4 is 17.7 Å². The van der Waals surface area contributed by atoms with Crippen LogP contribution in [0.5, 0.6) is 0 Å². The molecule has 2 rings (SSSR count). The average Bonchev–Trinajstić information content (AvgIpc) is 2.82. The molecule has 0 bridgehead atoms. The van der Waals surface area contributed by atoms with Crippen LogP contribution < -0.4 is 5.32 Å². The number of carbonyl (C=O) groups is 1. The number of thioether (sulfide) groups is 1. The zero-order valence-corrected chi connectivity index (χ0v) is 11.7. The molecule has 6 heteroatoms. The topological polar surface area (TPSA) is 59.8 Å². The van der Waals surface area contributed by atoms with Crippen LogP contribution in [-0.2, 0) is 18.4 Å². The van der Waals surface area contributed by atoms with E-state index in [0.717, 1.165) is 10.7 Å². The lowest BCUT2D eigenvalue weighted by molar-refractivity contribution is -0.120. The molecule has 0 aliphatic carbocycles. The van der Waals surface area contributed by atoms with E-state index in [0.29, 0.717) is 6.54 Å². The lowest BCUT2D eigenvalue weighted by Gasteiger charge is -2.11. The zero-order valence-electron chi connectivity index (χ0n) is 10.9. The summed E-state index contributed by atoms with van der Waals surface area (Å²) in [5.41, 5.74) is 1.09. The molecule has 1 atom stereocenters. The second-order valence-corrected chi connectivity index (χ2v) is 5.50. The van der Waals surface area contributed by atoms with Gasteiger partial charge in [-0.15, -0.1) is 10.2 Å². The first-order chi connectivity index (χ1) is 9.16. The molecule has 1 amide bonds. The molecule has 1 aromatic carbocycles. The number of carbonyl (C=O) groups excluding carboxylic acids is 1. The summed E-state index contributed by atoms with van der Waals surface area (Å²) in [6.07, 6.45) is 1.62. The minimum atomic E-state index is -0.202. The van der Waals surface area contributed by atoms with Crippen molar-refractivity contribution in [3.05, 3.63) is 42.2 Å². The highest BCUT2D eigenvalue weighted by Gasteiger charge is 2.16. The second kappa shape index (κ2) is 6.38. The van der Waals surface area contributed by atoms with Crippen LogP contribution >= 0.6 is 11.8 Å². The maximum absolute atomic E-state index is 12.0. The van der Waals surface area contributed by atoms with Gasteiger partial charge in [-0.1, -0.05) is 42.1 Å². The van der Waals surface area contributed by atoms with Crippen molar-refractivity contribution < 1.29 is 4.79 Å². The molecule has 5 nitrogen and oxygen atoms in total. The highest BCUT2D eigenvalue weighted by molar-refractivity contribution is 8.00. The number of hydrogen-bond donors (Lipinski definition) is 1. The van der Waals surface area contributed by atoms with Gasteiger partial charge >= 0.3 is 0 Å². The molecule has 0 saturated heterocycles. The lowest BCUT2D eigenvalue weighted by Crippen LogP contribution is -2.30. The molecule has 0 saturated carbocycles. The van der Waals surface area contributed by atoms with Crippen LogP contribution in [0.25, 0.3) is 0 Å². The van der Waals surface area contributed by atoms with Gasteiger partial charge in [0.1, 0.15) is 6.33 Å². The number of amides is 1. The molecule has 1 N–H and O–H groups in total. The van der Waals surface area contributed by atoms with E-state index in [1.165, 1.54) is 11.8 Å². The summed E-state index contributed by atoms with van der Waals surface area (Å²) >= 11 is 1.40. The Morgan fingerprint density at radius 3 is 2.79 bits per heavy atom. The molecule has 1 aromatic heterocycles. The summed E-state index contributed by atoms with van der Waals surface area (Å²) in [4.78, 5) is 12.0. The molecule has 0 spiro atoms. The standard InChI is InChI=1S/C13H16N4OS/c1-10(19-13-16-15-9-17(13)2)12(18)14-8-11-6-4-3-5-7-11/h3-7,9-10H,8H2,1-2H3,(H,14,18). The van der Waals surface area contributed by atoms with Crippen LogP contribution in [0.15, 0.2) is 41.8 Å². The number of hydrogen-bond acceptors (Lipinski definition) is 4. The summed E-state index contributed by atoms with van der Waals surface area (Å²) in [6.45, 7) is 2.41. The van der Waals surface area contributed by atoms with Crippen molar-refractivity contribution in [2.75, 3.05) is 0 Å². The minimum absolute atomic E-state index is 0.00291. The third-order valence-electron chi connectivity index (χ3n) is 2.63. The van der Waals surface area contributed by atoms with Crippen molar-refractivity contribution in [2.45, 2.75) is 23.9 Å². The first-order valence-corrected chi connectivity index (χ1v) is 6.87. The van der Waals surface area contributed by atoms with Crippen LogP contribution in [0.2, 0.25) is 0 Å². The fourth-order valence-electron chi connectivity index (χ4n) is 1.52. The van der Waals surface area contributed by atoms with Gasteiger partial charge in [-0.25, -0.2) is 0 Å². The van der Waals surface area contributed by atoms with Gasteiger partial charge in [-0.3, -0.25) is 4.79 Å². The molecule has 100 valence electrons. The highest BCUT2D eigenvalue weighted by Crippen LogP contribution is 2.19. The molecular weight excluding hydrogens is 260 g/mol. The normalized spacial score (nSPS) is 12.1. The molecule has 0 aliphatic heterocycles. The van der Waals surface area contributed by atoms with Crippen molar-refractivity contribution in [3.8, 4) is 0 Å². The van der Waals surface area contributed by atoms with E-state index in [1.807, 2.05) is 44.3 Å². The van der Waals surface area contributed by atoms with Gasteiger partial charge in [0.15, 0.2) is 5.16 Å². The Morgan fingerprint density at radius 1 is 1.42 bits per heavy atom. The van der Waals surface area contributed by atoms with Crippen LogP contribution in [-0.4, -0.2) is 25.9 Å². The predicted molar refractivity (Wildman–Crippen MR) is 74.6 cm³/mol. The predicted octanol–water partition coefficient (Wildman–Crippen LogP) is 1.61. The number of aromatic nitrogens is 3. The lowest BCUT2D eigenvalue weighted by atomic mass is 10.2. The minimum Gasteiger partial charge on any atom is -0.351 e. The third-order valence-corrected chi connectivity index (χ3v) is 3.78. The quantitative estimate of drug-likeness (QED) is 0.843. The van der Waals surface area contributed by atoms with E-state index in [1.54, 1.807) is 10.9 Å². The summed E-state index contributed by atoms with van der Waals surface area (Å²) in [5.74, 6) is -0.00291. The summed E-state index contributed by atoms with van der Waals surface area (Å²) in [7, 11) is 1.86. The molecular formula is C13H16N4OS. The van der Waals surface area contributed by atoms with Gasteiger partial charge in [0.2, 0.25) is 5.91 Å². The molecule has 0 aliphatic rings. The molecule has 0 fully saturated rings. The second-order valence-electron chi connectivity index (χ2n) is 4.19.